The normalized spacial score (nSPS) is 10.5. The van der Waals surface area contributed by atoms with Gasteiger partial charge in [-0.05, 0) is 32.3 Å². The van der Waals surface area contributed by atoms with Crippen molar-refractivity contribution in [1.82, 2.24) is 15.0 Å². The third-order valence-corrected chi connectivity index (χ3v) is 2.59. The molecule has 7 nitrogen and oxygen atoms in total. The molecule has 4 N–H and O–H groups in total. The van der Waals surface area contributed by atoms with E-state index in [2.05, 4.69) is 32.0 Å². The summed E-state index contributed by atoms with van der Waals surface area (Å²) < 4.78 is 5.42. The van der Waals surface area contributed by atoms with Crippen LogP contribution in [-0.2, 0) is 0 Å². The average Bonchev–Trinajstić information content (AvgIpc) is 2.33. The van der Waals surface area contributed by atoms with Crippen LogP contribution in [0.5, 0.6) is 6.01 Å². The van der Waals surface area contributed by atoms with Crippen molar-refractivity contribution in [2.24, 2.45) is 5.84 Å². The molecule has 0 aliphatic rings. The van der Waals surface area contributed by atoms with Gasteiger partial charge in [0.25, 0.3) is 0 Å². The molecule has 0 aliphatic heterocycles. The monoisotopic (exact) mass is 272 g/mol. The van der Waals surface area contributed by atoms with Gasteiger partial charge in [-0.15, -0.1) is 0 Å². The van der Waals surface area contributed by atoms with Crippen molar-refractivity contribution in [1.29, 1.82) is 0 Å². The van der Waals surface area contributed by atoms with E-state index in [1.165, 1.54) is 0 Å². The van der Waals surface area contributed by atoms with E-state index in [9.17, 15) is 0 Å². The van der Waals surface area contributed by atoms with Crippen molar-refractivity contribution in [2.75, 3.05) is 29.3 Å². The lowest BCUT2D eigenvalue weighted by molar-refractivity contribution is 0.222. The lowest BCUT2D eigenvalue weighted by Crippen LogP contribution is -2.16. The highest BCUT2D eigenvalue weighted by molar-refractivity contribution is 7.98. The van der Waals surface area contributed by atoms with E-state index in [-0.39, 0.29) is 18.1 Å². The van der Waals surface area contributed by atoms with Crippen LogP contribution in [0.25, 0.3) is 0 Å². The Morgan fingerprint density at radius 1 is 1.28 bits per heavy atom. The molecule has 0 amide bonds. The molecule has 1 rings (SSSR count). The quantitative estimate of drug-likeness (QED) is 0.368. The second-order valence-corrected chi connectivity index (χ2v) is 4.83. The van der Waals surface area contributed by atoms with Gasteiger partial charge >= 0.3 is 6.01 Å². The molecule has 1 aromatic rings. The molecule has 0 atom stereocenters. The van der Waals surface area contributed by atoms with E-state index < -0.39 is 0 Å². The number of nitrogens with two attached hydrogens (primary N) is 1. The fourth-order valence-electron chi connectivity index (χ4n) is 1.18. The molecule has 0 aliphatic carbocycles. The van der Waals surface area contributed by atoms with Gasteiger partial charge in [-0.25, -0.2) is 5.84 Å². The van der Waals surface area contributed by atoms with Crippen LogP contribution in [0.15, 0.2) is 0 Å². The Labute approximate surface area is 111 Å². The minimum absolute atomic E-state index is 0.00219. The maximum Gasteiger partial charge on any atom is 0.323 e. The van der Waals surface area contributed by atoms with Crippen LogP contribution < -0.4 is 21.3 Å². The van der Waals surface area contributed by atoms with Crippen molar-refractivity contribution < 1.29 is 4.74 Å². The number of ether oxygens (including phenoxy) is 1. The molecule has 0 fully saturated rings. The molecule has 0 spiro atoms. The van der Waals surface area contributed by atoms with Crippen molar-refractivity contribution in [3.8, 4) is 6.01 Å². The fourth-order valence-corrected chi connectivity index (χ4v) is 1.61. The summed E-state index contributed by atoms with van der Waals surface area (Å²) in [7, 11) is 0. The number of thioether (sulfide) groups is 1. The molecule has 0 bridgehead atoms. The highest BCUT2D eigenvalue weighted by atomic mass is 32.2. The zero-order chi connectivity index (χ0) is 13.4. The molecule has 0 saturated heterocycles. The van der Waals surface area contributed by atoms with Gasteiger partial charge in [0.1, 0.15) is 0 Å². The van der Waals surface area contributed by atoms with Crippen LogP contribution in [0.4, 0.5) is 11.9 Å². The largest absolute Gasteiger partial charge is 0.461 e. The molecule has 0 radical (unpaired) electrons. The minimum atomic E-state index is 0.00219. The molecular weight excluding hydrogens is 252 g/mol. The summed E-state index contributed by atoms with van der Waals surface area (Å²) in [5, 5.41) is 3.12. The molecule has 1 heterocycles. The Bertz CT molecular complexity index is 362. The topological polar surface area (TPSA) is 98.0 Å². The van der Waals surface area contributed by atoms with Gasteiger partial charge in [0, 0.05) is 6.54 Å². The maximum absolute atomic E-state index is 5.42. The van der Waals surface area contributed by atoms with Crippen molar-refractivity contribution in [3.05, 3.63) is 0 Å². The molecule has 0 unspecified atom stereocenters. The number of nitrogen functional groups attached to an aromatic ring is 1. The predicted octanol–water partition coefficient (Wildman–Crippen LogP) is 1.11. The highest BCUT2D eigenvalue weighted by Gasteiger charge is 2.07. The molecule has 0 aromatic carbocycles. The second kappa shape index (κ2) is 7.93. The van der Waals surface area contributed by atoms with E-state index in [4.69, 9.17) is 10.6 Å². The Kier molecular flexibility index (Phi) is 6.51. The number of hydrogen-bond donors (Lipinski definition) is 3. The van der Waals surface area contributed by atoms with Crippen molar-refractivity contribution in [2.45, 2.75) is 26.4 Å². The van der Waals surface area contributed by atoms with Crippen LogP contribution >= 0.6 is 11.8 Å². The van der Waals surface area contributed by atoms with Crippen LogP contribution in [0.2, 0.25) is 0 Å². The first kappa shape index (κ1) is 14.8. The lowest BCUT2D eigenvalue weighted by Gasteiger charge is -2.10. The summed E-state index contributed by atoms with van der Waals surface area (Å²) in [6.07, 6.45) is 3.12. The number of nitrogens with one attached hydrogen (secondary N) is 2. The Morgan fingerprint density at radius 2 is 2.00 bits per heavy atom. The number of anilines is 2. The fraction of sp³-hybridized carbons (Fsp3) is 0.700. The van der Waals surface area contributed by atoms with E-state index in [1.807, 2.05) is 13.8 Å². The van der Waals surface area contributed by atoms with Crippen molar-refractivity contribution in [3.63, 3.8) is 0 Å². The van der Waals surface area contributed by atoms with Crippen LogP contribution in [0, 0.1) is 0 Å². The van der Waals surface area contributed by atoms with Gasteiger partial charge in [0.05, 0.1) is 6.10 Å². The predicted molar refractivity (Wildman–Crippen MR) is 74.9 cm³/mol. The van der Waals surface area contributed by atoms with E-state index in [0.717, 1.165) is 18.7 Å². The third kappa shape index (κ3) is 5.37. The first-order valence-corrected chi connectivity index (χ1v) is 7.17. The van der Waals surface area contributed by atoms with Crippen molar-refractivity contribution >= 4 is 23.7 Å². The summed E-state index contributed by atoms with van der Waals surface area (Å²) in [6.45, 7) is 4.62. The zero-order valence-electron chi connectivity index (χ0n) is 10.9. The molecule has 0 saturated carbocycles. The van der Waals surface area contributed by atoms with Crippen LogP contribution in [0.3, 0.4) is 0 Å². The maximum atomic E-state index is 5.42. The SMILES string of the molecule is CSCCCNc1nc(NN)nc(OC(C)C)n1. The Morgan fingerprint density at radius 3 is 2.61 bits per heavy atom. The van der Waals surface area contributed by atoms with Gasteiger partial charge in [-0.1, -0.05) is 0 Å². The summed E-state index contributed by atoms with van der Waals surface area (Å²) in [5.74, 6) is 7.15. The van der Waals surface area contributed by atoms with Gasteiger partial charge < -0.3 is 10.1 Å². The lowest BCUT2D eigenvalue weighted by atomic mass is 10.5. The van der Waals surface area contributed by atoms with Gasteiger partial charge in [0.15, 0.2) is 0 Å². The van der Waals surface area contributed by atoms with Gasteiger partial charge in [-0.2, -0.15) is 26.7 Å². The standard InChI is InChI=1S/C10H20N6OS/c1-7(2)17-10-14-8(12-5-4-6-18-3)13-9(15-10)16-11/h7H,4-6,11H2,1-3H3,(H2,12,13,14,15,16). The first-order chi connectivity index (χ1) is 8.65. The summed E-state index contributed by atoms with van der Waals surface area (Å²) in [6, 6.07) is 0.264. The van der Waals surface area contributed by atoms with Crippen LogP contribution in [-0.4, -0.2) is 39.6 Å². The number of aromatic nitrogens is 3. The van der Waals surface area contributed by atoms with Crippen LogP contribution in [0.1, 0.15) is 20.3 Å². The summed E-state index contributed by atoms with van der Waals surface area (Å²) in [4.78, 5) is 12.3. The second-order valence-electron chi connectivity index (χ2n) is 3.85. The van der Waals surface area contributed by atoms with Gasteiger partial charge in [0.2, 0.25) is 11.9 Å². The highest BCUT2D eigenvalue weighted by Crippen LogP contribution is 2.11. The van der Waals surface area contributed by atoms with E-state index in [0.29, 0.717) is 5.95 Å². The molecule has 18 heavy (non-hydrogen) atoms. The smallest absolute Gasteiger partial charge is 0.323 e. The van der Waals surface area contributed by atoms with E-state index >= 15 is 0 Å². The zero-order valence-corrected chi connectivity index (χ0v) is 11.8. The van der Waals surface area contributed by atoms with E-state index in [1.54, 1.807) is 11.8 Å². The number of nitrogens with zero attached hydrogens (tertiary/aromatic N) is 3. The number of hydrazine groups is 1. The minimum Gasteiger partial charge on any atom is -0.461 e. The molecular formula is C10H20N6OS. The summed E-state index contributed by atoms with van der Waals surface area (Å²) >= 11 is 1.81. The molecule has 1 aromatic heterocycles. The molecule has 102 valence electrons. The number of rotatable bonds is 8. The number of hydrogen-bond acceptors (Lipinski definition) is 8. The third-order valence-electron chi connectivity index (χ3n) is 1.89. The summed E-state index contributed by atoms with van der Waals surface area (Å²) in [5.41, 5.74) is 2.40. The Hall–Kier alpha value is -1.28. The van der Waals surface area contributed by atoms with Gasteiger partial charge in [-0.3, -0.25) is 5.43 Å². The average molecular weight is 272 g/mol. The Balaban J connectivity index is 2.64. The first-order valence-electron chi connectivity index (χ1n) is 5.78. The molecule has 8 heteroatoms.